The molecule has 4 aromatic rings. The van der Waals surface area contributed by atoms with Gasteiger partial charge in [-0.15, -0.1) is 0 Å². The van der Waals surface area contributed by atoms with E-state index >= 15 is 0 Å². The molecule has 4 rings (SSSR count). The predicted molar refractivity (Wildman–Crippen MR) is 128 cm³/mol. The molecular formula is C26H21ClF3N3O2. The van der Waals surface area contributed by atoms with Crippen LogP contribution in [0.25, 0.3) is 0 Å². The smallest absolute Gasteiger partial charge is 0.416 e. The maximum Gasteiger partial charge on any atom is 0.416 e. The van der Waals surface area contributed by atoms with Gasteiger partial charge in [0, 0.05) is 16.8 Å². The molecule has 0 fully saturated rings. The van der Waals surface area contributed by atoms with Gasteiger partial charge in [0.15, 0.2) is 0 Å². The first-order valence-electron chi connectivity index (χ1n) is 10.7. The summed E-state index contributed by atoms with van der Waals surface area (Å²) >= 11 is 6.03. The second-order valence-electron chi connectivity index (χ2n) is 7.98. The molecule has 180 valence electrons. The highest BCUT2D eigenvalue weighted by Gasteiger charge is 2.30. The minimum atomic E-state index is -4.41. The Morgan fingerprint density at radius 1 is 1.06 bits per heavy atom. The fourth-order valence-corrected chi connectivity index (χ4v) is 3.49. The van der Waals surface area contributed by atoms with Gasteiger partial charge < -0.3 is 10.1 Å². The minimum absolute atomic E-state index is 0.141. The lowest BCUT2D eigenvalue weighted by Gasteiger charge is -2.09. The number of halogens is 4. The summed E-state index contributed by atoms with van der Waals surface area (Å²) in [5.41, 5.74) is 2.44. The molecule has 0 unspecified atom stereocenters. The summed E-state index contributed by atoms with van der Waals surface area (Å²) in [6, 6.07) is 17.5. The molecular weight excluding hydrogens is 479 g/mol. The summed E-state index contributed by atoms with van der Waals surface area (Å²) in [6.45, 7) is 2.38. The molecule has 0 radical (unpaired) electrons. The van der Waals surface area contributed by atoms with Crippen LogP contribution in [-0.4, -0.2) is 15.7 Å². The van der Waals surface area contributed by atoms with Gasteiger partial charge in [-0.3, -0.25) is 9.48 Å². The first-order valence-corrected chi connectivity index (χ1v) is 11.0. The molecule has 1 heterocycles. The molecule has 9 heteroatoms. The van der Waals surface area contributed by atoms with Crippen molar-refractivity contribution in [2.45, 2.75) is 26.3 Å². The average Bonchev–Trinajstić information content (AvgIpc) is 3.26. The van der Waals surface area contributed by atoms with Gasteiger partial charge in [0.25, 0.3) is 5.91 Å². The SMILES string of the molecule is Cc1cc(OCc2ccc(C(=O)Nc3cnn(Cc4cccc(C(F)(F)F)c4)c3)cc2)ccc1Cl. The van der Waals surface area contributed by atoms with E-state index in [2.05, 4.69) is 10.4 Å². The van der Waals surface area contributed by atoms with Crippen LogP contribution in [0.1, 0.15) is 32.6 Å². The number of alkyl halides is 3. The summed E-state index contributed by atoms with van der Waals surface area (Å²) < 4.78 is 46.0. The Kier molecular flexibility index (Phi) is 7.12. The molecule has 1 N–H and O–H groups in total. The van der Waals surface area contributed by atoms with E-state index in [9.17, 15) is 18.0 Å². The minimum Gasteiger partial charge on any atom is -0.489 e. The van der Waals surface area contributed by atoms with E-state index in [4.69, 9.17) is 16.3 Å². The van der Waals surface area contributed by atoms with E-state index in [1.54, 1.807) is 48.7 Å². The van der Waals surface area contributed by atoms with E-state index in [0.717, 1.165) is 23.3 Å². The van der Waals surface area contributed by atoms with Crippen LogP contribution in [0.4, 0.5) is 18.9 Å². The summed E-state index contributed by atoms with van der Waals surface area (Å²) in [4.78, 5) is 12.6. The van der Waals surface area contributed by atoms with Crippen molar-refractivity contribution in [3.05, 3.63) is 112 Å². The number of carbonyl (C=O) groups is 1. The summed E-state index contributed by atoms with van der Waals surface area (Å²) in [5.74, 6) is 0.375. The number of ether oxygens (including phenoxy) is 1. The zero-order chi connectivity index (χ0) is 25.0. The lowest BCUT2D eigenvalue weighted by molar-refractivity contribution is -0.137. The monoisotopic (exact) mass is 499 g/mol. The third-order valence-corrected chi connectivity index (χ3v) is 5.67. The van der Waals surface area contributed by atoms with Crippen molar-refractivity contribution in [1.29, 1.82) is 0 Å². The molecule has 0 saturated heterocycles. The summed E-state index contributed by atoms with van der Waals surface area (Å²) in [6.07, 6.45) is -1.40. The summed E-state index contributed by atoms with van der Waals surface area (Å²) in [7, 11) is 0. The van der Waals surface area contributed by atoms with Crippen molar-refractivity contribution in [3.63, 3.8) is 0 Å². The second kappa shape index (κ2) is 10.2. The highest BCUT2D eigenvalue weighted by molar-refractivity contribution is 6.31. The third kappa shape index (κ3) is 6.42. The second-order valence-corrected chi connectivity index (χ2v) is 8.38. The molecule has 1 amide bonds. The Morgan fingerprint density at radius 2 is 1.83 bits per heavy atom. The van der Waals surface area contributed by atoms with E-state index in [0.29, 0.717) is 34.2 Å². The molecule has 1 aromatic heterocycles. The van der Waals surface area contributed by atoms with Crippen LogP contribution in [0.2, 0.25) is 5.02 Å². The number of aryl methyl sites for hydroxylation is 1. The van der Waals surface area contributed by atoms with E-state index < -0.39 is 11.7 Å². The standard InChI is InChI=1S/C26H21ClF3N3O2/c1-17-11-23(9-10-24(17)27)35-16-18-5-7-20(8-6-18)25(34)32-22-13-31-33(15-22)14-19-3-2-4-21(12-19)26(28,29)30/h2-13,15H,14,16H2,1H3,(H,32,34). The number of carbonyl (C=O) groups excluding carboxylic acids is 1. The molecule has 0 atom stereocenters. The average molecular weight is 500 g/mol. The Bertz CT molecular complexity index is 1330. The molecule has 5 nitrogen and oxygen atoms in total. The molecule has 0 bridgehead atoms. The molecule has 0 aliphatic rings. The lowest BCUT2D eigenvalue weighted by Crippen LogP contribution is -2.11. The highest BCUT2D eigenvalue weighted by Crippen LogP contribution is 2.29. The largest absolute Gasteiger partial charge is 0.489 e. The van der Waals surface area contributed by atoms with Crippen LogP contribution in [0.3, 0.4) is 0 Å². The van der Waals surface area contributed by atoms with Gasteiger partial charge >= 0.3 is 6.18 Å². The van der Waals surface area contributed by atoms with Crippen molar-refractivity contribution in [2.24, 2.45) is 0 Å². The Morgan fingerprint density at radius 3 is 2.54 bits per heavy atom. The first-order chi connectivity index (χ1) is 16.7. The number of benzene rings is 3. The Balaban J connectivity index is 1.33. The van der Waals surface area contributed by atoms with Crippen LogP contribution >= 0.6 is 11.6 Å². The van der Waals surface area contributed by atoms with Crippen LogP contribution < -0.4 is 10.1 Å². The Hall–Kier alpha value is -3.78. The Labute approximate surface area is 205 Å². The van der Waals surface area contributed by atoms with Gasteiger partial charge in [-0.25, -0.2) is 0 Å². The predicted octanol–water partition coefficient (Wildman–Crippen LogP) is 6.74. The van der Waals surface area contributed by atoms with Gasteiger partial charge in [0.1, 0.15) is 12.4 Å². The number of amides is 1. The molecule has 0 saturated carbocycles. The van der Waals surface area contributed by atoms with Gasteiger partial charge in [-0.1, -0.05) is 35.9 Å². The molecule has 0 aliphatic heterocycles. The number of aromatic nitrogens is 2. The van der Waals surface area contributed by atoms with Gasteiger partial charge in [-0.05, 0) is 66.1 Å². The highest BCUT2D eigenvalue weighted by atomic mass is 35.5. The molecule has 0 spiro atoms. The number of anilines is 1. The van der Waals surface area contributed by atoms with Crippen molar-refractivity contribution in [1.82, 2.24) is 9.78 Å². The van der Waals surface area contributed by atoms with E-state index in [1.807, 2.05) is 13.0 Å². The van der Waals surface area contributed by atoms with Crippen molar-refractivity contribution in [2.75, 3.05) is 5.32 Å². The maximum atomic E-state index is 12.9. The van der Waals surface area contributed by atoms with E-state index in [-0.39, 0.29) is 12.5 Å². The van der Waals surface area contributed by atoms with Gasteiger partial charge in [-0.2, -0.15) is 18.3 Å². The summed E-state index contributed by atoms with van der Waals surface area (Å²) in [5, 5.41) is 7.54. The van der Waals surface area contributed by atoms with Crippen LogP contribution in [0, 0.1) is 6.92 Å². The molecule has 0 aliphatic carbocycles. The zero-order valence-corrected chi connectivity index (χ0v) is 19.4. The van der Waals surface area contributed by atoms with Crippen molar-refractivity contribution < 1.29 is 22.7 Å². The lowest BCUT2D eigenvalue weighted by atomic mass is 10.1. The fraction of sp³-hybridized carbons (Fsp3) is 0.154. The number of nitrogens with one attached hydrogen (secondary N) is 1. The fourth-order valence-electron chi connectivity index (χ4n) is 3.38. The van der Waals surface area contributed by atoms with E-state index in [1.165, 1.54) is 16.9 Å². The van der Waals surface area contributed by atoms with Crippen LogP contribution in [0.5, 0.6) is 5.75 Å². The zero-order valence-electron chi connectivity index (χ0n) is 18.6. The molecule has 35 heavy (non-hydrogen) atoms. The number of rotatable bonds is 7. The molecule has 3 aromatic carbocycles. The normalized spacial score (nSPS) is 11.3. The topological polar surface area (TPSA) is 56.1 Å². The maximum absolute atomic E-state index is 12.9. The van der Waals surface area contributed by atoms with Crippen LogP contribution in [0.15, 0.2) is 79.1 Å². The quantitative estimate of drug-likeness (QED) is 0.306. The van der Waals surface area contributed by atoms with Crippen LogP contribution in [-0.2, 0) is 19.3 Å². The van der Waals surface area contributed by atoms with Gasteiger partial charge in [0.05, 0.1) is 24.0 Å². The number of hydrogen-bond acceptors (Lipinski definition) is 3. The number of nitrogens with zero attached hydrogens (tertiary/aromatic N) is 2. The first kappa shape index (κ1) is 24.3. The van der Waals surface area contributed by atoms with Gasteiger partial charge in [0.2, 0.25) is 0 Å². The number of hydrogen-bond donors (Lipinski definition) is 1. The third-order valence-electron chi connectivity index (χ3n) is 5.24. The van der Waals surface area contributed by atoms with Crippen molar-refractivity contribution in [3.8, 4) is 5.75 Å². The van der Waals surface area contributed by atoms with Crippen molar-refractivity contribution >= 4 is 23.2 Å².